The van der Waals surface area contributed by atoms with Gasteiger partial charge in [-0.05, 0) is 37.5 Å². The molecule has 17 nitrogen and oxygen atoms in total. The van der Waals surface area contributed by atoms with Gasteiger partial charge in [0.2, 0.25) is 0 Å². The second-order valence-electron chi connectivity index (χ2n) is 30.2. The molecule has 0 radical (unpaired) electrons. The minimum atomic E-state index is -4.96. The summed E-state index contributed by atoms with van der Waals surface area (Å²) in [6.07, 6.45) is 64.1. The number of aliphatic hydroxyl groups is 1. The normalized spacial score (nSPS) is 14.2. The van der Waals surface area contributed by atoms with Gasteiger partial charge >= 0.3 is 39.5 Å². The first-order chi connectivity index (χ1) is 48.9. The highest BCUT2D eigenvalue weighted by Gasteiger charge is 2.30. The van der Waals surface area contributed by atoms with Crippen molar-refractivity contribution in [3.63, 3.8) is 0 Å². The zero-order valence-electron chi connectivity index (χ0n) is 66.2. The third-order valence-electron chi connectivity index (χ3n) is 19.6. The summed E-state index contributed by atoms with van der Waals surface area (Å²) in [4.78, 5) is 73.0. The van der Waals surface area contributed by atoms with Crippen molar-refractivity contribution in [2.45, 2.75) is 452 Å². The molecule has 6 atom stereocenters. The molecule has 3 unspecified atom stereocenters. The molecule has 0 spiro atoms. The Kier molecular flexibility index (Phi) is 72.2. The zero-order chi connectivity index (χ0) is 74.2. The summed E-state index contributed by atoms with van der Waals surface area (Å²) in [5.41, 5.74) is 0. The number of carbonyl (C=O) groups is 4. The number of phosphoric acid groups is 2. The highest BCUT2D eigenvalue weighted by Crippen LogP contribution is 2.45. The lowest BCUT2D eigenvalue weighted by Crippen LogP contribution is -2.30. The number of esters is 4. The first-order valence-electron chi connectivity index (χ1n) is 42.5. The van der Waals surface area contributed by atoms with Crippen LogP contribution in [0.2, 0.25) is 0 Å². The number of aliphatic hydroxyl groups excluding tert-OH is 1. The van der Waals surface area contributed by atoms with Crippen molar-refractivity contribution in [1.29, 1.82) is 0 Å². The number of hydrogen-bond acceptors (Lipinski definition) is 15. The van der Waals surface area contributed by atoms with E-state index in [1.54, 1.807) is 0 Å². The van der Waals surface area contributed by atoms with Gasteiger partial charge in [0, 0.05) is 25.7 Å². The third-order valence-corrected chi connectivity index (χ3v) is 21.5. The van der Waals surface area contributed by atoms with Gasteiger partial charge in [-0.2, -0.15) is 0 Å². The van der Waals surface area contributed by atoms with Crippen molar-refractivity contribution in [3.05, 3.63) is 0 Å². The second kappa shape index (κ2) is 73.6. The summed E-state index contributed by atoms with van der Waals surface area (Å²) in [7, 11) is -9.92. The molecular formula is C82H160O17P2. The summed E-state index contributed by atoms with van der Waals surface area (Å²) in [5.74, 6) is -0.644. The number of hydrogen-bond donors (Lipinski definition) is 3. The highest BCUT2D eigenvalue weighted by atomic mass is 31.2. The van der Waals surface area contributed by atoms with Crippen LogP contribution in [-0.2, 0) is 65.4 Å². The molecule has 0 aliphatic carbocycles. The van der Waals surface area contributed by atoms with Crippen molar-refractivity contribution in [2.24, 2.45) is 11.8 Å². The van der Waals surface area contributed by atoms with Crippen LogP contribution in [0, 0.1) is 11.8 Å². The van der Waals surface area contributed by atoms with Crippen LogP contribution in [0.15, 0.2) is 0 Å². The molecule has 19 heteroatoms. The predicted molar refractivity (Wildman–Crippen MR) is 414 cm³/mol. The molecule has 0 aromatic heterocycles. The molecule has 0 aliphatic heterocycles. The van der Waals surface area contributed by atoms with Crippen molar-refractivity contribution in [1.82, 2.24) is 0 Å². The van der Waals surface area contributed by atoms with Gasteiger partial charge in [0.15, 0.2) is 12.2 Å². The Balaban J connectivity index is 5.22. The lowest BCUT2D eigenvalue weighted by molar-refractivity contribution is -0.161. The van der Waals surface area contributed by atoms with Crippen LogP contribution in [0.1, 0.15) is 433 Å². The van der Waals surface area contributed by atoms with Crippen molar-refractivity contribution in [3.8, 4) is 0 Å². The first-order valence-corrected chi connectivity index (χ1v) is 45.5. The molecule has 0 aromatic rings. The number of phosphoric ester groups is 2. The maximum atomic E-state index is 13.1. The molecule has 101 heavy (non-hydrogen) atoms. The molecular weight excluding hydrogens is 1320 g/mol. The quantitative estimate of drug-likeness (QED) is 0.0222. The van der Waals surface area contributed by atoms with Crippen LogP contribution in [0.25, 0.3) is 0 Å². The van der Waals surface area contributed by atoms with Crippen molar-refractivity contribution < 1.29 is 80.2 Å². The van der Waals surface area contributed by atoms with E-state index in [0.29, 0.717) is 25.7 Å². The monoisotopic (exact) mass is 1480 g/mol. The number of ether oxygens (including phenoxy) is 4. The predicted octanol–water partition coefficient (Wildman–Crippen LogP) is 24.7. The molecule has 0 rings (SSSR count). The van der Waals surface area contributed by atoms with Crippen LogP contribution in [0.5, 0.6) is 0 Å². The largest absolute Gasteiger partial charge is 0.472 e. The Morgan fingerprint density at radius 2 is 0.505 bits per heavy atom. The molecule has 0 aromatic carbocycles. The van der Waals surface area contributed by atoms with Gasteiger partial charge in [-0.15, -0.1) is 0 Å². The van der Waals surface area contributed by atoms with Gasteiger partial charge in [-0.25, -0.2) is 9.13 Å². The van der Waals surface area contributed by atoms with Crippen LogP contribution >= 0.6 is 15.6 Å². The van der Waals surface area contributed by atoms with Gasteiger partial charge in [-0.1, -0.05) is 382 Å². The Bertz CT molecular complexity index is 1940. The molecule has 0 saturated carbocycles. The Labute approximate surface area is 619 Å². The SMILES string of the molecule is CCCCCCCCCCCCCCCCCCCCCCC(=O)O[C@H](COC(=O)CCCCCCCCCCCCCCCCCCCCC)COP(=O)(O)OC[C@@H](O)COP(=O)(O)OC[C@@H](COC(=O)CCCCCCCCC(C)CC)OC(=O)CCCCCCCCCCCC(C)C. The average molecular weight is 1480 g/mol. The van der Waals surface area contributed by atoms with E-state index < -0.39 is 97.5 Å². The minimum Gasteiger partial charge on any atom is -0.462 e. The van der Waals surface area contributed by atoms with E-state index in [1.165, 1.54) is 244 Å². The van der Waals surface area contributed by atoms with E-state index in [0.717, 1.165) is 108 Å². The molecule has 600 valence electrons. The summed E-state index contributed by atoms with van der Waals surface area (Å²) < 4.78 is 68.7. The van der Waals surface area contributed by atoms with Crippen LogP contribution < -0.4 is 0 Å². The first kappa shape index (κ1) is 99.1. The summed E-state index contributed by atoms with van der Waals surface area (Å²) in [5, 5.41) is 10.6. The van der Waals surface area contributed by atoms with E-state index in [1.807, 2.05) is 0 Å². The molecule has 0 amide bonds. The third kappa shape index (κ3) is 74.7. The topological polar surface area (TPSA) is 237 Å². The summed E-state index contributed by atoms with van der Waals surface area (Å²) in [6.45, 7) is 9.57. The Morgan fingerprint density at radius 3 is 0.752 bits per heavy atom. The van der Waals surface area contributed by atoms with Crippen LogP contribution in [0.3, 0.4) is 0 Å². The standard InChI is InChI=1S/C82H160O17P2/c1-7-10-12-14-16-18-20-22-24-26-28-30-32-34-36-38-42-46-54-60-66-81(86)98-77(70-92-79(84)64-58-52-45-41-37-35-33-31-29-27-25-23-21-19-17-15-13-11-8-2)72-96-100(88,89)94-68-76(83)69-95-101(90,91)97-73-78(71-93-80(85)65-59-53-49-48-51-57-63-75(6)9-3)99-82(87)67-61-55-47-43-39-40-44-50-56-62-74(4)5/h74-78,83H,7-73H2,1-6H3,(H,88,89)(H,90,91)/t75?,76-,77-,78-/m1/s1. The van der Waals surface area contributed by atoms with Crippen LogP contribution in [-0.4, -0.2) is 96.7 Å². The Morgan fingerprint density at radius 1 is 0.287 bits per heavy atom. The van der Waals surface area contributed by atoms with Gasteiger partial charge in [0.25, 0.3) is 0 Å². The highest BCUT2D eigenvalue weighted by molar-refractivity contribution is 7.47. The second-order valence-corrected chi connectivity index (χ2v) is 33.1. The van der Waals surface area contributed by atoms with Gasteiger partial charge in [0.05, 0.1) is 26.4 Å². The summed E-state index contributed by atoms with van der Waals surface area (Å²) in [6, 6.07) is 0. The molecule has 0 fully saturated rings. The minimum absolute atomic E-state index is 0.105. The average Bonchev–Trinajstić information content (AvgIpc) is 0.936. The maximum Gasteiger partial charge on any atom is 0.472 e. The fraction of sp³-hybridized carbons (Fsp3) is 0.951. The van der Waals surface area contributed by atoms with E-state index in [2.05, 4.69) is 41.5 Å². The van der Waals surface area contributed by atoms with Crippen LogP contribution in [0.4, 0.5) is 0 Å². The van der Waals surface area contributed by atoms with Crippen molar-refractivity contribution in [2.75, 3.05) is 39.6 Å². The van der Waals surface area contributed by atoms with Gasteiger partial charge in [0.1, 0.15) is 19.3 Å². The van der Waals surface area contributed by atoms with Gasteiger partial charge in [-0.3, -0.25) is 37.3 Å². The molecule has 0 heterocycles. The lowest BCUT2D eigenvalue weighted by Gasteiger charge is -2.21. The fourth-order valence-electron chi connectivity index (χ4n) is 12.7. The fourth-order valence-corrected chi connectivity index (χ4v) is 14.3. The number of unbranched alkanes of at least 4 members (excludes halogenated alkanes) is 50. The van der Waals surface area contributed by atoms with Gasteiger partial charge < -0.3 is 33.8 Å². The smallest absolute Gasteiger partial charge is 0.462 e. The molecule has 0 saturated heterocycles. The van der Waals surface area contributed by atoms with Crippen molar-refractivity contribution >= 4 is 39.5 Å². The zero-order valence-corrected chi connectivity index (χ0v) is 68.0. The molecule has 3 N–H and O–H groups in total. The summed E-state index contributed by atoms with van der Waals surface area (Å²) >= 11 is 0. The van der Waals surface area contributed by atoms with E-state index in [4.69, 9.17) is 37.0 Å². The Hall–Kier alpha value is -1.94. The molecule has 0 aliphatic rings. The van der Waals surface area contributed by atoms with E-state index >= 15 is 0 Å². The lowest BCUT2D eigenvalue weighted by atomic mass is 10.00. The van der Waals surface area contributed by atoms with E-state index in [9.17, 15) is 43.2 Å². The maximum absolute atomic E-state index is 13.1. The molecule has 0 bridgehead atoms. The number of carbonyl (C=O) groups excluding carboxylic acids is 4. The van der Waals surface area contributed by atoms with E-state index in [-0.39, 0.29) is 25.7 Å². The number of rotatable bonds is 81.